The quantitative estimate of drug-likeness (QED) is 0.179. The molecule has 0 saturated carbocycles. The Morgan fingerprint density at radius 3 is 2.35 bits per heavy atom. The summed E-state index contributed by atoms with van der Waals surface area (Å²) in [6, 6.07) is 25.6. The van der Waals surface area contributed by atoms with Crippen molar-refractivity contribution in [3.63, 3.8) is 0 Å². The number of benzene rings is 3. The molecule has 1 aliphatic rings. The van der Waals surface area contributed by atoms with Crippen LogP contribution >= 0.6 is 11.3 Å². The zero-order valence-electron chi connectivity index (χ0n) is 27.7. The van der Waals surface area contributed by atoms with Gasteiger partial charge in [0.05, 0.1) is 33.5 Å². The zero-order chi connectivity index (χ0) is 34.1. The smallest absolute Gasteiger partial charge is 0.338 e. The van der Waals surface area contributed by atoms with E-state index < -0.39 is 6.04 Å². The fourth-order valence-electron chi connectivity index (χ4n) is 5.76. The third-order valence-corrected chi connectivity index (χ3v) is 9.17. The predicted molar refractivity (Wildman–Crippen MR) is 189 cm³/mol. The Labute approximate surface area is 282 Å². The molecule has 0 spiro atoms. The second kappa shape index (κ2) is 13.4. The van der Waals surface area contributed by atoms with Crippen LogP contribution in [0.4, 0.5) is 5.69 Å². The van der Waals surface area contributed by atoms with Crippen LogP contribution in [0, 0.1) is 6.92 Å². The maximum absolute atomic E-state index is 14.2. The van der Waals surface area contributed by atoms with Gasteiger partial charge in [0, 0.05) is 17.3 Å². The van der Waals surface area contributed by atoms with Crippen molar-refractivity contribution in [1.82, 2.24) is 4.57 Å². The van der Waals surface area contributed by atoms with Gasteiger partial charge in [0.1, 0.15) is 11.5 Å². The fraction of sp³-hybridized carbons (Fsp3) is 0.231. The number of rotatable bonds is 8. The van der Waals surface area contributed by atoms with Crippen LogP contribution in [-0.4, -0.2) is 22.5 Å². The number of nitrogens with one attached hydrogen (secondary N) is 1. The van der Waals surface area contributed by atoms with Crippen molar-refractivity contribution in [1.29, 1.82) is 0 Å². The number of fused-ring (bicyclic) bond motifs is 1. The summed E-state index contributed by atoms with van der Waals surface area (Å²) >= 11 is 1.25. The van der Waals surface area contributed by atoms with Gasteiger partial charge in [-0.25, -0.2) is 9.79 Å². The van der Waals surface area contributed by atoms with Gasteiger partial charge in [-0.1, -0.05) is 73.7 Å². The summed E-state index contributed by atoms with van der Waals surface area (Å²) in [5.74, 6) is 0.743. The summed E-state index contributed by atoms with van der Waals surface area (Å²) in [5, 5.41) is 2.99. The molecule has 0 radical (unpaired) electrons. The molecule has 3 heterocycles. The lowest BCUT2D eigenvalue weighted by Gasteiger charge is -2.25. The highest BCUT2D eigenvalue weighted by molar-refractivity contribution is 7.07. The molecule has 0 saturated heterocycles. The molecule has 5 aromatic rings. The zero-order valence-corrected chi connectivity index (χ0v) is 28.6. The first-order valence-electron chi connectivity index (χ1n) is 15.9. The van der Waals surface area contributed by atoms with E-state index in [1.807, 2.05) is 87.5 Å². The first-order valence-corrected chi connectivity index (χ1v) is 16.7. The van der Waals surface area contributed by atoms with E-state index in [-0.39, 0.29) is 23.5 Å². The van der Waals surface area contributed by atoms with Crippen molar-refractivity contribution < 1.29 is 18.7 Å². The van der Waals surface area contributed by atoms with Gasteiger partial charge in [0.25, 0.3) is 11.5 Å². The minimum atomic E-state index is -0.677. The molecule has 48 heavy (non-hydrogen) atoms. The van der Waals surface area contributed by atoms with E-state index in [0.29, 0.717) is 49.3 Å². The number of para-hydroxylation sites is 1. The Morgan fingerprint density at radius 2 is 1.69 bits per heavy atom. The number of thiazole rings is 1. The van der Waals surface area contributed by atoms with Crippen LogP contribution in [0.3, 0.4) is 0 Å². The minimum absolute atomic E-state index is 0.209. The minimum Gasteiger partial charge on any atom is -0.459 e. The maximum atomic E-state index is 14.2. The Bertz CT molecular complexity index is 2220. The lowest BCUT2D eigenvalue weighted by atomic mass is 9.93. The van der Waals surface area contributed by atoms with Gasteiger partial charge in [-0.15, -0.1) is 0 Å². The molecular weight excluding hydrogens is 623 g/mol. The number of aromatic nitrogens is 1. The van der Waals surface area contributed by atoms with Gasteiger partial charge >= 0.3 is 5.97 Å². The highest BCUT2D eigenvalue weighted by Gasteiger charge is 2.32. The molecule has 6 rings (SSSR count). The topological polar surface area (TPSA) is 103 Å². The lowest BCUT2D eigenvalue weighted by Crippen LogP contribution is -2.40. The van der Waals surface area contributed by atoms with Crippen LogP contribution in [0.2, 0.25) is 0 Å². The van der Waals surface area contributed by atoms with E-state index in [2.05, 4.69) is 19.2 Å². The van der Waals surface area contributed by atoms with Crippen LogP contribution in [0.5, 0.6) is 0 Å². The highest BCUT2D eigenvalue weighted by atomic mass is 32.1. The van der Waals surface area contributed by atoms with Crippen molar-refractivity contribution in [3.8, 4) is 11.3 Å². The van der Waals surface area contributed by atoms with E-state index >= 15 is 0 Å². The van der Waals surface area contributed by atoms with E-state index in [4.69, 9.17) is 14.1 Å². The van der Waals surface area contributed by atoms with Gasteiger partial charge in [-0.3, -0.25) is 14.2 Å². The van der Waals surface area contributed by atoms with Crippen molar-refractivity contribution in [2.75, 3.05) is 5.32 Å². The van der Waals surface area contributed by atoms with Gasteiger partial charge in [-0.05, 0) is 86.7 Å². The number of ether oxygens (including phenoxy) is 1. The van der Waals surface area contributed by atoms with Gasteiger partial charge in [0.2, 0.25) is 0 Å². The molecule has 0 unspecified atom stereocenters. The van der Waals surface area contributed by atoms with E-state index in [0.717, 1.165) is 22.3 Å². The summed E-state index contributed by atoms with van der Waals surface area (Å²) in [7, 11) is 0. The molecule has 0 bridgehead atoms. The molecule has 0 fully saturated rings. The van der Waals surface area contributed by atoms with E-state index in [9.17, 15) is 14.4 Å². The average Bonchev–Trinajstić information content (AvgIpc) is 3.64. The van der Waals surface area contributed by atoms with Gasteiger partial charge in [-0.2, -0.15) is 0 Å². The molecule has 1 N–H and O–H groups in total. The molecule has 1 amide bonds. The second-order valence-electron chi connectivity index (χ2n) is 12.4. The number of anilines is 1. The fourth-order valence-corrected chi connectivity index (χ4v) is 6.79. The molecule has 9 heteroatoms. The summed E-state index contributed by atoms with van der Waals surface area (Å²) in [6.07, 6.45) is 1.50. The second-order valence-corrected chi connectivity index (χ2v) is 13.4. The SMILES string of the molecule is CC1=C(C(=O)Nc2ccccc2)[C@H](c2ccc(C(C)C)cc2)n2c(s/c(=C/c3ccc(-c4ccc(C(=O)OC(C)C)cc4C)o3)c2=O)=N1. The number of furan rings is 1. The van der Waals surface area contributed by atoms with E-state index in [1.165, 1.54) is 11.3 Å². The number of aryl methyl sites for hydroxylation is 1. The number of nitrogens with zero attached hydrogens (tertiary/aromatic N) is 2. The Kier molecular flexibility index (Phi) is 9.15. The van der Waals surface area contributed by atoms with Gasteiger partial charge in [0.15, 0.2) is 4.80 Å². The number of allylic oxidation sites excluding steroid dienone is 1. The molecule has 2 aromatic heterocycles. The summed E-state index contributed by atoms with van der Waals surface area (Å²) in [6.45, 7) is 11.6. The number of carbonyl (C=O) groups is 2. The molecule has 1 aliphatic heterocycles. The molecule has 8 nitrogen and oxygen atoms in total. The Balaban J connectivity index is 1.39. The van der Waals surface area contributed by atoms with Crippen LogP contribution in [0.25, 0.3) is 17.4 Å². The third-order valence-electron chi connectivity index (χ3n) is 8.19. The van der Waals surface area contributed by atoms with Crippen LogP contribution in [-0.2, 0) is 9.53 Å². The average molecular weight is 660 g/mol. The summed E-state index contributed by atoms with van der Waals surface area (Å²) < 4.78 is 13.5. The molecule has 3 aromatic carbocycles. The lowest BCUT2D eigenvalue weighted by molar-refractivity contribution is -0.113. The third kappa shape index (κ3) is 6.59. The van der Waals surface area contributed by atoms with Crippen molar-refractivity contribution in [2.24, 2.45) is 4.99 Å². The molecule has 244 valence electrons. The van der Waals surface area contributed by atoms with E-state index in [1.54, 1.807) is 35.8 Å². The van der Waals surface area contributed by atoms with Crippen molar-refractivity contribution >= 4 is 35.0 Å². The standard InChI is InChI=1S/C39H37N3O5S/c1-22(2)26-12-14-27(15-13-26)35-34(36(43)41-29-10-8-7-9-11-29)25(6)40-39-42(35)37(44)33(48-39)21-30-17-19-32(47-30)31-18-16-28(20-24(31)5)38(45)46-23(3)4/h7-23,35H,1-6H3,(H,41,43)/b33-21+/t35-/m0/s1. The number of hydrogen-bond donors (Lipinski definition) is 1. The predicted octanol–water partition coefficient (Wildman–Crippen LogP) is 7.13. The number of hydrogen-bond acceptors (Lipinski definition) is 7. The Morgan fingerprint density at radius 1 is 0.958 bits per heavy atom. The number of amides is 1. The van der Waals surface area contributed by atoms with Crippen LogP contribution in [0.15, 0.2) is 110 Å². The van der Waals surface area contributed by atoms with Crippen molar-refractivity contribution in [3.05, 3.63) is 144 Å². The van der Waals surface area contributed by atoms with Crippen LogP contribution < -0.4 is 20.2 Å². The molecule has 1 atom stereocenters. The first-order chi connectivity index (χ1) is 23.0. The number of esters is 1. The molecule has 0 aliphatic carbocycles. The normalized spacial score (nSPS) is 14.7. The first kappa shape index (κ1) is 32.7. The highest BCUT2D eigenvalue weighted by Crippen LogP contribution is 2.32. The van der Waals surface area contributed by atoms with Crippen molar-refractivity contribution in [2.45, 2.75) is 59.6 Å². The summed E-state index contributed by atoms with van der Waals surface area (Å²) in [4.78, 5) is 45.6. The monoisotopic (exact) mass is 659 g/mol. The Hall–Kier alpha value is -5.28. The summed E-state index contributed by atoms with van der Waals surface area (Å²) in [5.41, 5.74) is 5.47. The van der Waals surface area contributed by atoms with Crippen LogP contribution in [0.1, 0.15) is 79.4 Å². The van der Waals surface area contributed by atoms with Gasteiger partial charge < -0.3 is 14.5 Å². The number of carbonyl (C=O) groups excluding carboxylic acids is 2. The maximum Gasteiger partial charge on any atom is 0.338 e. The largest absolute Gasteiger partial charge is 0.459 e. The molecular formula is C39H37N3O5S.